The number of halogens is 1. The molecular weight excluding hydrogens is 156 g/mol. The van der Waals surface area contributed by atoms with Crippen molar-refractivity contribution in [3.63, 3.8) is 0 Å². The van der Waals surface area contributed by atoms with Gasteiger partial charge < -0.3 is 0 Å². The molecule has 0 nitrogen and oxygen atoms in total. The third kappa shape index (κ3) is 2.09. The largest absolute Gasteiger partial charge is 0.122 e. The van der Waals surface area contributed by atoms with E-state index in [2.05, 4.69) is 12.1 Å². The van der Waals surface area contributed by atoms with Gasteiger partial charge in [-0.2, -0.15) is 0 Å². The Morgan fingerprint density at radius 3 is 2.73 bits per heavy atom. The SMILES string of the molecule is CC=Cc1ccccc1CCl. The lowest BCUT2D eigenvalue weighted by Crippen LogP contribution is -1.81. The van der Waals surface area contributed by atoms with Crippen molar-refractivity contribution >= 4 is 17.7 Å². The molecule has 0 aliphatic heterocycles. The van der Waals surface area contributed by atoms with E-state index in [9.17, 15) is 0 Å². The van der Waals surface area contributed by atoms with Gasteiger partial charge >= 0.3 is 0 Å². The first-order valence-corrected chi connectivity index (χ1v) is 4.18. The Balaban J connectivity index is 3.02. The first-order chi connectivity index (χ1) is 5.38. The van der Waals surface area contributed by atoms with Crippen LogP contribution in [0.25, 0.3) is 6.08 Å². The minimum Gasteiger partial charge on any atom is -0.122 e. The van der Waals surface area contributed by atoms with E-state index in [0.717, 1.165) is 0 Å². The summed E-state index contributed by atoms with van der Waals surface area (Å²) in [6.45, 7) is 2.00. The highest BCUT2D eigenvalue weighted by atomic mass is 35.5. The van der Waals surface area contributed by atoms with Gasteiger partial charge in [-0.3, -0.25) is 0 Å². The van der Waals surface area contributed by atoms with Gasteiger partial charge in [-0.15, -0.1) is 11.6 Å². The standard InChI is InChI=1S/C10H11Cl/c1-2-5-9-6-3-4-7-10(9)8-11/h2-7H,8H2,1H3. The lowest BCUT2D eigenvalue weighted by molar-refractivity contribution is 1.38. The van der Waals surface area contributed by atoms with E-state index in [-0.39, 0.29) is 0 Å². The van der Waals surface area contributed by atoms with E-state index < -0.39 is 0 Å². The van der Waals surface area contributed by atoms with E-state index in [1.54, 1.807) is 0 Å². The summed E-state index contributed by atoms with van der Waals surface area (Å²) in [4.78, 5) is 0. The fraction of sp³-hybridized carbons (Fsp3) is 0.200. The van der Waals surface area contributed by atoms with Crippen molar-refractivity contribution in [3.8, 4) is 0 Å². The normalized spacial score (nSPS) is 10.7. The van der Waals surface area contributed by atoms with Gasteiger partial charge in [-0.1, -0.05) is 36.4 Å². The molecule has 0 radical (unpaired) electrons. The Morgan fingerprint density at radius 2 is 2.09 bits per heavy atom. The van der Waals surface area contributed by atoms with Gasteiger partial charge in [0.2, 0.25) is 0 Å². The third-order valence-electron chi connectivity index (χ3n) is 1.55. The molecule has 0 bridgehead atoms. The minimum absolute atomic E-state index is 0.584. The maximum atomic E-state index is 5.73. The smallest absolute Gasteiger partial charge is 0.0479 e. The highest BCUT2D eigenvalue weighted by Crippen LogP contribution is 2.12. The zero-order valence-corrected chi connectivity index (χ0v) is 7.31. The molecule has 0 aliphatic carbocycles. The monoisotopic (exact) mass is 166 g/mol. The number of alkyl halides is 1. The van der Waals surface area contributed by atoms with E-state index in [1.807, 2.05) is 31.2 Å². The summed E-state index contributed by atoms with van der Waals surface area (Å²) in [6.07, 6.45) is 4.09. The van der Waals surface area contributed by atoms with Crippen molar-refractivity contribution in [3.05, 3.63) is 41.5 Å². The molecule has 1 rings (SSSR count). The van der Waals surface area contributed by atoms with Crippen LogP contribution in [-0.4, -0.2) is 0 Å². The molecule has 1 aromatic rings. The van der Waals surface area contributed by atoms with Crippen LogP contribution in [0.5, 0.6) is 0 Å². The number of allylic oxidation sites excluding steroid dienone is 1. The Morgan fingerprint density at radius 1 is 1.36 bits per heavy atom. The number of hydrogen-bond acceptors (Lipinski definition) is 0. The first kappa shape index (κ1) is 8.35. The first-order valence-electron chi connectivity index (χ1n) is 3.65. The molecule has 0 unspecified atom stereocenters. The summed E-state index contributed by atoms with van der Waals surface area (Å²) in [5.41, 5.74) is 2.40. The van der Waals surface area contributed by atoms with Crippen LogP contribution in [0.2, 0.25) is 0 Å². The average molecular weight is 167 g/mol. The topological polar surface area (TPSA) is 0 Å². The van der Waals surface area contributed by atoms with Crippen LogP contribution in [-0.2, 0) is 5.88 Å². The van der Waals surface area contributed by atoms with E-state index in [1.165, 1.54) is 11.1 Å². The maximum Gasteiger partial charge on any atom is 0.0479 e. The Kier molecular flexibility index (Phi) is 3.18. The van der Waals surface area contributed by atoms with Crippen LogP contribution in [0.4, 0.5) is 0 Å². The predicted octanol–water partition coefficient (Wildman–Crippen LogP) is 3.46. The summed E-state index contributed by atoms with van der Waals surface area (Å²) in [6, 6.07) is 8.14. The van der Waals surface area contributed by atoms with Crippen LogP contribution < -0.4 is 0 Å². The Labute approximate surface area is 72.5 Å². The Hall–Kier alpha value is -0.750. The molecular formula is C10H11Cl. The molecule has 0 atom stereocenters. The fourth-order valence-electron chi connectivity index (χ4n) is 0.998. The van der Waals surface area contributed by atoms with Crippen LogP contribution >= 0.6 is 11.6 Å². The maximum absolute atomic E-state index is 5.73. The minimum atomic E-state index is 0.584. The van der Waals surface area contributed by atoms with Crippen molar-refractivity contribution in [1.82, 2.24) is 0 Å². The highest BCUT2D eigenvalue weighted by molar-refractivity contribution is 6.17. The molecule has 0 aliphatic rings. The fourth-order valence-corrected chi connectivity index (χ4v) is 1.24. The zero-order chi connectivity index (χ0) is 8.10. The summed E-state index contributed by atoms with van der Waals surface area (Å²) in [7, 11) is 0. The van der Waals surface area contributed by atoms with E-state index in [4.69, 9.17) is 11.6 Å². The second kappa shape index (κ2) is 4.20. The van der Waals surface area contributed by atoms with Crippen LogP contribution in [0, 0.1) is 0 Å². The van der Waals surface area contributed by atoms with E-state index >= 15 is 0 Å². The van der Waals surface area contributed by atoms with Crippen LogP contribution in [0.15, 0.2) is 30.3 Å². The van der Waals surface area contributed by atoms with Gasteiger partial charge in [0.25, 0.3) is 0 Å². The average Bonchev–Trinajstić information content (AvgIpc) is 2.06. The summed E-state index contributed by atoms with van der Waals surface area (Å²) in [5.74, 6) is 0.584. The predicted molar refractivity (Wildman–Crippen MR) is 50.7 cm³/mol. The molecule has 0 amide bonds. The number of hydrogen-bond donors (Lipinski definition) is 0. The summed E-state index contributed by atoms with van der Waals surface area (Å²) >= 11 is 5.73. The second-order valence-corrected chi connectivity index (χ2v) is 2.60. The molecule has 1 heteroatoms. The third-order valence-corrected chi connectivity index (χ3v) is 1.83. The van der Waals surface area contributed by atoms with Crippen molar-refractivity contribution in [2.45, 2.75) is 12.8 Å². The van der Waals surface area contributed by atoms with Gasteiger partial charge in [0.05, 0.1) is 0 Å². The summed E-state index contributed by atoms with van der Waals surface area (Å²) < 4.78 is 0. The van der Waals surface area contributed by atoms with Crippen molar-refractivity contribution in [1.29, 1.82) is 0 Å². The highest BCUT2D eigenvalue weighted by Gasteiger charge is 1.93. The lowest BCUT2D eigenvalue weighted by atomic mass is 10.1. The van der Waals surface area contributed by atoms with E-state index in [0.29, 0.717) is 5.88 Å². The van der Waals surface area contributed by atoms with Crippen molar-refractivity contribution < 1.29 is 0 Å². The molecule has 0 heterocycles. The molecule has 0 aromatic heterocycles. The molecule has 11 heavy (non-hydrogen) atoms. The molecule has 0 fully saturated rings. The zero-order valence-electron chi connectivity index (χ0n) is 6.55. The molecule has 58 valence electrons. The van der Waals surface area contributed by atoms with Crippen molar-refractivity contribution in [2.24, 2.45) is 0 Å². The second-order valence-electron chi connectivity index (χ2n) is 2.33. The molecule has 1 aromatic carbocycles. The van der Waals surface area contributed by atoms with Gasteiger partial charge in [0, 0.05) is 5.88 Å². The number of benzene rings is 1. The number of rotatable bonds is 2. The van der Waals surface area contributed by atoms with Gasteiger partial charge in [0.1, 0.15) is 0 Å². The van der Waals surface area contributed by atoms with Gasteiger partial charge in [0.15, 0.2) is 0 Å². The molecule has 0 N–H and O–H groups in total. The lowest BCUT2D eigenvalue weighted by Gasteiger charge is -1.99. The quantitative estimate of drug-likeness (QED) is 0.591. The molecule has 0 spiro atoms. The van der Waals surface area contributed by atoms with Gasteiger partial charge in [-0.25, -0.2) is 0 Å². The molecule has 0 saturated carbocycles. The Bertz CT molecular complexity index is 251. The van der Waals surface area contributed by atoms with Crippen molar-refractivity contribution in [2.75, 3.05) is 0 Å². The van der Waals surface area contributed by atoms with Crippen LogP contribution in [0.3, 0.4) is 0 Å². The van der Waals surface area contributed by atoms with Gasteiger partial charge in [-0.05, 0) is 18.1 Å². The van der Waals surface area contributed by atoms with Crippen LogP contribution in [0.1, 0.15) is 18.1 Å². The summed E-state index contributed by atoms with van der Waals surface area (Å²) in [5, 5.41) is 0. The molecule has 0 saturated heterocycles.